The molecule has 2 atom stereocenters. The first-order valence-electron chi connectivity index (χ1n) is 5.56. The molecule has 0 aliphatic carbocycles. The number of ether oxygens (including phenoxy) is 1. The molecule has 0 saturated carbocycles. The van der Waals surface area contributed by atoms with Gasteiger partial charge in [-0.3, -0.25) is 0 Å². The van der Waals surface area contributed by atoms with Gasteiger partial charge in [0, 0.05) is 12.0 Å². The van der Waals surface area contributed by atoms with E-state index in [9.17, 15) is 0 Å². The minimum atomic E-state index is 0.371. The van der Waals surface area contributed by atoms with Gasteiger partial charge < -0.3 is 4.74 Å². The Labute approximate surface area is 86.8 Å². The molecular weight excluding hydrogens is 184 g/mol. The first-order valence-corrected chi connectivity index (χ1v) is 6.00. The molecule has 1 nitrogen and oxygen atoms in total. The van der Waals surface area contributed by atoms with Crippen LogP contribution in [0.15, 0.2) is 0 Å². The summed E-state index contributed by atoms with van der Waals surface area (Å²) < 4.78 is 5.43. The van der Waals surface area contributed by atoms with Crippen molar-refractivity contribution in [1.82, 2.24) is 0 Å². The maximum Gasteiger partial charge on any atom is 0.0508 e. The summed E-state index contributed by atoms with van der Waals surface area (Å²) in [5, 5.41) is 0.371. The highest BCUT2D eigenvalue weighted by Gasteiger charge is 2.22. The van der Waals surface area contributed by atoms with Gasteiger partial charge in [0.1, 0.15) is 0 Å². The van der Waals surface area contributed by atoms with Crippen LogP contribution in [0.1, 0.15) is 45.4 Å². The Morgan fingerprint density at radius 1 is 1.31 bits per heavy atom. The van der Waals surface area contributed by atoms with Gasteiger partial charge in [-0.25, -0.2) is 0 Å². The Morgan fingerprint density at radius 2 is 2.15 bits per heavy atom. The van der Waals surface area contributed by atoms with Crippen LogP contribution in [0.5, 0.6) is 0 Å². The highest BCUT2D eigenvalue weighted by Crippen LogP contribution is 2.25. The minimum Gasteiger partial charge on any atom is -0.381 e. The van der Waals surface area contributed by atoms with Crippen molar-refractivity contribution in [2.24, 2.45) is 5.92 Å². The number of hydrogen-bond donors (Lipinski definition) is 0. The third kappa shape index (κ3) is 4.33. The summed E-state index contributed by atoms with van der Waals surface area (Å²) in [6.45, 7) is 3.99. The molecule has 13 heavy (non-hydrogen) atoms. The molecule has 0 aromatic rings. The van der Waals surface area contributed by atoms with Gasteiger partial charge >= 0.3 is 0 Å². The molecular formula is C11H21ClO. The average Bonchev–Trinajstić information content (AvgIpc) is 2.15. The van der Waals surface area contributed by atoms with E-state index in [-0.39, 0.29) is 0 Å². The van der Waals surface area contributed by atoms with Crippen LogP contribution < -0.4 is 0 Å². The van der Waals surface area contributed by atoms with E-state index < -0.39 is 0 Å². The molecule has 1 heterocycles. The van der Waals surface area contributed by atoms with Crippen LogP contribution in [0, 0.1) is 5.92 Å². The van der Waals surface area contributed by atoms with E-state index in [0.29, 0.717) is 11.3 Å². The van der Waals surface area contributed by atoms with E-state index in [1.165, 1.54) is 32.1 Å². The zero-order valence-electron chi connectivity index (χ0n) is 8.60. The van der Waals surface area contributed by atoms with Crippen LogP contribution >= 0.6 is 11.6 Å². The van der Waals surface area contributed by atoms with E-state index in [1.807, 2.05) is 0 Å². The van der Waals surface area contributed by atoms with E-state index in [0.717, 1.165) is 19.6 Å². The predicted molar refractivity (Wildman–Crippen MR) is 57.3 cm³/mol. The normalized spacial score (nSPS) is 29.1. The SMILES string of the molecule is CCCCCC[C@@H]1COCC[C@@H]1Cl. The Balaban J connectivity index is 2.05. The van der Waals surface area contributed by atoms with E-state index in [2.05, 4.69) is 6.92 Å². The lowest BCUT2D eigenvalue weighted by Gasteiger charge is -2.27. The molecule has 0 spiro atoms. The molecule has 0 bridgehead atoms. The highest BCUT2D eigenvalue weighted by molar-refractivity contribution is 6.20. The van der Waals surface area contributed by atoms with Crippen molar-refractivity contribution < 1.29 is 4.74 Å². The molecule has 0 aromatic heterocycles. The summed E-state index contributed by atoms with van der Waals surface area (Å²) in [4.78, 5) is 0. The molecule has 0 unspecified atom stereocenters. The fraction of sp³-hybridized carbons (Fsp3) is 1.00. The second kappa shape index (κ2) is 6.67. The second-order valence-electron chi connectivity index (χ2n) is 3.99. The summed E-state index contributed by atoms with van der Waals surface area (Å²) in [5.41, 5.74) is 0. The van der Waals surface area contributed by atoms with Crippen molar-refractivity contribution in [1.29, 1.82) is 0 Å². The maximum atomic E-state index is 6.22. The zero-order valence-corrected chi connectivity index (χ0v) is 9.35. The smallest absolute Gasteiger partial charge is 0.0508 e. The molecule has 1 aliphatic heterocycles. The molecule has 1 aliphatic rings. The molecule has 1 saturated heterocycles. The zero-order chi connectivity index (χ0) is 9.52. The molecule has 1 rings (SSSR count). The van der Waals surface area contributed by atoms with Crippen molar-refractivity contribution in [3.63, 3.8) is 0 Å². The summed E-state index contributed by atoms with van der Waals surface area (Å²) in [6, 6.07) is 0. The molecule has 0 amide bonds. The van der Waals surface area contributed by atoms with E-state index in [4.69, 9.17) is 16.3 Å². The van der Waals surface area contributed by atoms with Crippen LogP contribution in [-0.4, -0.2) is 18.6 Å². The number of rotatable bonds is 5. The fourth-order valence-corrected chi connectivity index (χ4v) is 2.16. The molecule has 0 radical (unpaired) electrons. The third-order valence-corrected chi connectivity index (χ3v) is 3.38. The average molecular weight is 205 g/mol. The topological polar surface area (TPSA) is 9.23 Å². The Morgan fingerprint density at radius 3 is 2.85 bits per heavy atom. The van der Waals surface area contributed by atoms with Gasteiger partial charge in [0.2, 0.25) is 0 Å². The monoisotopic (exact) mass is 204 g/mol. The second-order valence-corrected chi connectivity index (χ2v) is 4.55. The maximum absolute atomic E-state index is 6.22. The van der Waals surface area contributed by atoms with Crippen LogP contribution in [0.25, 0.3) is 0 Å². The van der Waals surface area contributed by atoms with Crippen molar-refractivity contribution in [2.45, 2.75) is 50.8 Å². The summed E-state index contributed by atoms with van der Waals surface area (Å²) in [7, 11) is 0. The largest absolute Gasteiger partial charge is 0.381 e. The van der Waals surface area contributed by atoms with Gasteiger partial charge in [-0.05, 0) is 18.8 Å². The number of alkyl halides is 1. The lowest BCUT2D eigenvalue weighted by Crippen LogP contribution is -2.27. The van der Waals surface area contributed by atoms with Crippen molar-refractivity contribution in [2.75, 3.05) is 13.2 Å². The summed E-state index contributed by atoms with van der Waals surface area (Å²) in [6.07, 6.45) is 7.65. The number of halogens is 1. The van der Waals surface area contributed by atoms with Crippen molar-refractivity contribution in [3.05, 3.63) is 0 Å². The first kappa shape index (κ1) is 11.3. The standard InChI is InChI=1S/C11H21ClO/c1-2-3-4-5-6-10-9-13-8-7-11(10)12/h10-11H,2-9H2,1H3/t10-,11+/m1/s1. The lowest BCUT2D eigenvalue weighted by molar-refractivity contribution is 0.0535. The van der Waals surface area contributed by atoms with Crippen LogP contribution in [0.3, 0.4) is 0 Å². The molecule has 78 valence electrons. The number of unbranched alkanes of at least 4 members (excludes halogenated alkanes) is 3. The van der Waals surface area contributed by atoms with Gasteiger partial charge in [0.15, 0.2) is 0 Å². The fourth-order valence-electron chi connectivity index (χ4n) is 1.87. The Hall–Kier alpha value is 0.250. The predicted octanol–water partition coefficient (Wildman–Crippen LogP) is 3.60. The quantitative estimate of drug-likeness (QED) is 0.491. The third-order valence-electron chi connectivity index (χ3n) is 2.81. The molecule has 0 aromatic carbocycles. The molecule has 2 heteroatoms. The Kier molecular flexibility index (Phi) is 5.81. The lowest BCUT2D eigenvalue weighted by atomic mass is 9.95. The van der Waals surface area contributed by atoms with E-state index >= 15 is 0 Å². The van der Waals surface area contributed by atoms with Gasteiger partial charge in [-0.1, -0.05) is 32.6 Å². The van der Waals surface area contributed by atoms with Crippen LogP contribution in [0.4, 0.5) is 0 Å². The van der Waals surface area contributed by atoms with Crippen LogP contribution in [-0.2, 0) is 4.74 Å². The summed E-state index contributed by atoms with van der Waals surface area (Å²) in [5.74, 6) is 0.618. The number of hydrogen-bond acceptors (Lipinski definition) is 1. The van der Waals surface area contributed by atoms with Crippen LogP contribution in [0.2, 0.25) is 0 Å². The van der Waals surface area contributed by atoms with Crippen molar-refractivity contribution in [3.8, 4) is 0 Å². The summed E-state index contributed by atoms with van der Waals surface area (Å²) >= 11 is 6.22. The van der Waals surface area contributed by atoms with Gasteiger partial charge in [-0.15, -0.1) is 11.6 Å². The Bertz CT molecular complexity index is 127. The highest BCUT2D eigenvalue weighted by atomic mass is 35.5. The van der Waals surface area contributed by atoms with Crippen molar-refractivity contribution >= 4 is 11.6 Å². The van der Waals surface area contributed by atoms with Gasteiger partial charge in [0.25, 0.3) is 0 Å². The van der Waals surface area contributed by atoms with Gasteiger partial charge in [0.05, 0.1) is 6.61 Å². The first-order chi connectivity index (χ1) is 6.34. The van der Waals surface area contributed by atoms with E-state index in [1.54, 1.807) is 0 Å². The minimum absolute atomic E-state index is 0.371. The van der Waals surface area contributed by atoms with Gasteiger partial charge in [-0.2, -0.15) is 0 Å². The molecule has 0 N–H and O–H groups in total. The molecule has 1 fully saturated rings.